The van der Waals surface area contributed by atoms with Gasteiger partial charge in [-0.1, -0.05) is 0 Å². The molecule has 4 rings (SSSR count). The highest BCUT2D eigenvalue weighted by Crippen LogP contribution is 2.36. The Morgan fingerprint density at radius 2 is 2.17 bits per heavy atom. The minimum Gasteiger partial charge on any atom is -0.387 e. The van der Waals surface area contributed by atoms with Crippen LogP contribution in [0.4, 0.5) is 5.82 Å². The van der Waals surface area contributed by atoms with Gasteiger partial charge in [-0.25, -0.2) is 4.98 Å². The number of aliphatic hydroxyl groups is 2. The van der Waals surface area contributed by atoms with Gasteiger partial charge in [0.25, 0.3) is 0 Å². The van der Waals surface area contributed by atoms with Crippen LogP contribution in [0.1, 0.15) is 12.6 Å². The van der Waals surface area contributed by atoms with Crippen molar-refractivity contribution in [1.29, 1.82) is 0 Å². The average molecular weight is 464 g/mol. The zero-order valence-corrected chi connectivity index (χ0v) is 17.4. The summed E-state index contributed by atoms with van der Waals surface area (Å²) < 4.78 is 23.1. The van der Waals surface area contributed by atoms with Crippen molar-refractivity contribution >= 4 is 36.0 Å². The van der Waals surface area contributed by atoms with E-state index < -0.39 is 38.5 Å². The predicted octanol–water partition coefficient (Wildman–Crippen LogP) is -0.371. The van der Waals surface area contributed by atoms with Gasteiger partial charge in [0.05, 0.1) is 12.0 Å². The fourth-order valence-electron chi connectivity index (χ4n) is 3.68. The first kappa shape index (κ1) is 21.9. The Balaban J connectivity index is 1.55. The fourth-order valence-corrected chi connectivity index (χ4v) is 4.19. The Kier molecular flexibility index (Phi) is 6.31. The van der Waals surface area contributed by atoms with E-state index in [1.54, 1.807) is 12.3 Å². The van der Waals surface area contributed by atoms with Crippen molar-refractivity contribution in [3.63, 3.8) is 0 Å². The smallest absolute Gasteiger partial charge is 0.350 e. The number of ether oxygens (including phenoxy) is 2. The molecule has 2 aromatic heterocycles. The van der Waals surface area contributed by atoms with E-state index in [1.165, 1.54) is 4.57 Å². The van der Waals surface area contributed by atoms with Crippen LogP contribution in [0.15, 0.2) is 12.3 Å². The Morgan fingerprint density at radius 1 is 1.37 bits per heavy atom. The number of anilines is 1. The molecule has 2 aliphatic rings. The molecule has 4 heterocycles. The van der Waals surface area contributed by atoms with Crippen molar-refractivity contribution in [3.8, 4) is 0 Å². The number of halogens is 1. The third kappa shape index (κ3) is 4.62. The van der Waals surface area contributed by atoms with Crippen molar-refractivity contribution in [1.82, 2.24) is 19.9 Å². The molecule has 30 heavy (non-hydrogen) atoms. The van der Waals surface area contributed by atoms with Gasteiger partial charge < -0.3 is 44.7 Å². The topological polar surface area (TPSA) is 171 Å². The van der Waals surface area contributed by atoms with Gasteiger partial charge in [-0.15, -0.1) is 0 Å². The Labute approximate surface area is 176 Å². The molecule has 6 N–H and O–H groups in total. The number of fused-ring (bicyclic) bond motifs is 1. The van der Waals surface area contributed by atoms with Crippen molar-refractivity contribution in [3.05, 3.63) is 17.5 Å². The summed E-state index contributed by atoms with van der Waals surface area (Å²) in [6.07, 6.45) is -2.82. The maximum atomic E-state index is 10.9. The summed E-state index contributed by atoms with van der Waals surface area (Å²) in [5, 5.41) is 28.1. The quantitative estimate of drug-likeness (QED) is 0.234. The van der Waals surface area contributed by atoms with Gasteiger partial charge in [0, 0.05) is 18.8 Å². The SMILES string of the molecule is O=P(O)(O)COC[C@H]1O[C@@H](n2ccc3c(N[C@H]4CCNC4)nc(Cl)nc32)[C@H](O)[C@@H]1O. The zero-order valence-electron chi connectivity index (χ0n) is 15.8. The number of aromatic nitrogens is 3. The molecule has 0 aliphatic carbocycles. The molecule has 2 saturated heterocycles. The van der Waals surface area contributed by atoms with Gasteiger partial charge in [0.15, 0.2) is 6.23 Å². The molecule has 2 aromatic rings. The molecule has 0 radical (unpaired) electrons. The molecule has 0 aromatic carbocycles. The summed E-state index contributed by atoms with van der Waals surface area (Å²) in [5.41, 5.74) is 0.413. The monoisotopic (exact) mass is 463 g/mol. The number of nitrogens with zero attached hydrogens (tertiary/aromatic N) is 3. The van der Waals surface area contributed by atoms with Crippen LogP contribution < -0.4 is 10.6 Å². The molecule has 0 spiro atoms. The predicted molar refractivity (Wildman–Crippen MR) is 106 cm³/mol. The van der Waals surface area contributed by atoms with Crippen LogP contribution in [0.2, 0.25) is 5.28 Å². The van der Waals surface area contributed by atoms with Gasteiger partial charge >= 0.3 is 7.60 Å². The van der Waals surface area contributed by atoms with Crippen molar-refractivity contribution < 1.29 is 34.0 Å². The minimum absolute atomic E-state index is 0.0190. The van der Waals surface area contributed by atoms with E-state index in [4.69, 9.17) is 30.9 Å². The first-order valence-electron chi connectivity index (χ1n) is 9.38. The average Bonchev–Trinajstić information content (AvgIpc) is 3.37. The molecule has 0 bridgehead atoms. The number of aliphatic hydroxyl groups excluding tert-OH is 2. The van der Waals surface area contributed by atoms with Gasteiger partial charge in [-0.3, -0.25) is 4.57 Å². The Bertz CT molecular complexity index is 949. The molecule has 2 fully saturated rings. The summed E-state index contributed by atoms with van der Waals surface area (Å²) >= 11 is 6.11. The van der Waals surface area contributed by atoms with Crippen LogP contribution in [0.3, 0.4) is 0 Å². The Hall–Kier alpha value is -1.34. The van der Waals surface area contributed by atoms with Gasteiger partial charge in [0.2, 0.25) is 5.28 Å². The Morgan fingerprint density at radius 3 is 2.87 bits per heavy atom. The van der Waals surface area contributed by atoms with Crippen molar-refractivity contribution in [2.45, 2.75) is 37.0 Å². The lowest BCUT2D eigenvalue weighted by Gasteiger charge is -2.18. The molecule has 0 amide bonds. The lowest BCUT2D eigenvalue weighted by molar-refractivity contribution is -0.0610. The van der Waals surface area contributed by atoms with E-state index in [0.717, 1.165) is 19.5 Å². The molecular formula is C16H23ClN5O7P. The molecule has 0 saturated carbocycles. The second kappa shape index (κ2) is 8.65. The van der Waals surface area contributed by atoms with Crippen LogP contribution in [0, 0.1) is 0 Å². The molecule has 0 unspecified atom stereocenters. The number of hydrogen-bond acceptors (Lipinski definition) is 9. The van der Waals surface area contributed by atoms with Crippen molar-refractivity contribution in [2.75, 3.05) is 31.4 Å². The van der Waals surface area contributed by atoms with E-state index in [0.29, 0.717) is 16.9 Å². The van der Waals surface area contributed by atoms with Crippen LogP contribution >= 0.6 is 19.2 Å². The van der Waals surface area contributed by atoms with Crippen LogP contribution in [0.5, 0.6) is 0 Å². The maximum Gasteiger partial charge on any atom is 0.350 e. The highest BCUT2D eigenvalue weighted by atomic mass is 35.5. The largest absolute Gasteiger partial charge is 0.387 e. The highest BCUT2D eigenvalue weighted by molar-refractivity contribution is 7.51. The maximum absolute atomic E-state index is 10.9. The zero-order chi connectivity index (χ0) is 21.5. The summed E-state index contributed by atoms with van der Waals surface area (Å²) in [6.45, 7) is 1.42. The second-order valence-corrected chi connectivity index (χ2v) is 9.27. The van der Waals surface area contributed by atoms with Gasteiger partial charge in [0.1, 0.15) is 36.1 Å². The van der Waals surface area contributed by atoms with E-state index in [-0.39, 0.29) is 17.9 Å². The number of hydrogen-bond donors (Lipinski definition) is 6. The van der Waals surface area contributed by atoms with E-state index in [1.807, 2.05) is 0 Å². The van der Waals surface area contributed by atoms with Crippen LogP contribution in [0.25, 0.3) is 11.0 Å². The minimum atomic E-state index is -4.35. The molecular weight excluding hydrogens is 441 g/mol. The summed E-state index contributed by atoms with van der Waals surface area (Å²) in [7, 11) is -4.35. The van der Waals surface area contributed by atoms with Gasteiger partial charge in [-0.05, 0) is 30.6 Å². The highest BCUT2D eigenvalue weighted by Gasteiger charge is 2.44. The molecule has 2 aliphatic heterocycles. The molecule has 14 heteroatoms. The van der Waals surface area contributed by atoms with E-state index >= 15 is 0 Å². The summed E-state index contributed by atoms with van der Waals surface area (Å²) in [6, 6.07) is 1.96. The third-order valence-electron chi connectivity index (χ3n) is 5.10. The number of nitrogens with one attached hydrogen (secondary N) is 2. The van der Waals surface area contributed by atoms with Crippen LogP contribution in [-0.4, -0.2) is 84.9 Å². The second-order valence-electron chi connectivity index (χ2n) is 7.35. The number of rotatable bonds is 7. The van der Waals surface area contributed by atoms with E-state index in [9.17, 15) is 14.8 Å². The normalized spacial score (nSPS) is 29.7. The lowest BCUT2D eigenvalue weighted by Crippen LogP contribution is -2.33. The van der Waals surface area contributed by atoms with E-state index in [2.05, 4.69) is 20.6 Å². The molecule has 166 valence electrons. The summed E-state index contributed by atoms with van der Waals surface area (Å²) in [5.74, 6) is 0.562. The van der Waals surface area contributed by atoms with Gasteiger partial charge in [-0.2, -0.15) is 4.98 Å². The van der Waals surface area contributed by atoms with Crippen LogP contribution in [-0.2, 0) is 14.0 Å². The first-order valence-corrected chi connectivity index (χ1v) is 11.6. The third-order valence-corrected chi connectivity index (χ3v) is 5.79. The fraction of sp³-hybridized carbons (Fsp3) is 0.625. The first-order chi connectivity index (χ1) is 14.2. The lowest BCUT2D eigenvalue weighted by atomic mass is 10.1. The van der Waals surface area contributed by atoms with Crippen molar-refractivity contribution in [2.24, 2.45) is 0 Å². The molecule has 12 nitrogen and oxygen atoms in total. The standard InChI is InChI=1S/C16H23ClN5O7P/c17-16-20-13(19-8-1-3-18-5-8)9-2-4-22(14(9)21-16)15-12(24)11(23)10(29-15)6-28-7-30(25,26)27/h2,4,8,10-12,15,18,23-24H,1,3,5-7H2,(H,19,20,21)(H2,25,26,27)/t8-,10+,11+,12+,15+/m0/s1. The summed E-state index contributed by atoms with van der Waals surface area (Å²) in [4.78, 5) is 26.3. The molecule has 5 atom stereocenters.